The molecule has 6 heteroatoms. The Kier molecular flexibility index (Phi) is 6.33. The summed E-state index contributed by atoms with van der Waals surface area (Å²) in [4.78, 5) is 38.0. The molecule has 0 aromatic carbocycles. The zero-order valence-electron chi connectivity index (χ0n) is 13.6. The highest BCUT2D eigenvalue weighted by molar-refractivity contribution is 7.12. The highest BCUT2D eigenvalue weighted by Gasteiger charge is 2.25. The van der Waals surface area contributed by atoms with Gasteiger partial charge in [0.1, 0.15) is 0 Å². The van der Waals surface area contributed by atoms with Gasteiger partial charge in [-0.15, -0.1) is 11.3 Å². The van der Waals surface area contributed by atoms with E-state index in [2.05, 4.69) is 13.8 Å². The fraction of sp³-hybridized carbons (Fsp3) is 0.588. The zero-order chi connectivity index (χ0) is 16.8. The molecule has 1 aliphatic rings. The Labute approximate surface area is 140 Å². The van der Waals surface area contributed by atoms with Gasteiger partial charge in [0.15, 0.2) is 12.4 Å². The van der Waals surface area contributed by atoms with Crippen LogP contribution in [0.15, 0.2) is 17.5 Å². The van der Waals surface area contributed by atoms with E-state index in [0.29, 0.717) is 16.7 Å². The van der Waals surface area contributed by atoms with E-state index in [1.54, 1.807) is 17.0 Å². The summed E-state index contributed by atoms with van der Waals surface area (Å²) >= 11 is 1.36. The van der Waals surface area contributed by atoms with Gasteiger partial charge in [0.2, 0.25) is 0 Å². The number of carbonyl (C=O) groups excluding carboxylic acids is 3. The normalized spacial score (nSPS) is 21.0. The summed E-state index contributed by atoms with van der Waals surface area (Å²) in [6, 6.07) is 3.54. The number of hydrogen-bond donors (Lipinski definition) is 0. The van der Waals surface area contributed by atoms with Gasteiger partial charge in [0.05, 0.1) is 11.3 Å². The van der Waals surface area contributed by atoms with Crippen molar-refractivity contribution < 1.29 is 19.1 Å². The number of ketones is 1. The summed E-state index contributed by atoms with van der Waals surface area (Å²) in [5.74, 6) is 0.230. The molecule has 1 fully saturated rings. The van der Waals surface area contributed by atoms with E-state index in [1.165, 1.54) is 11.3 Å². The van der Waals surface area contributed by atoms with Crippen molar-refractivity contribution in [1.29, 1.82) is 0 Å². The van der Waals surface area contributed by atoms with E-state index in [-0.39, 0.29) is 31.1 Å². The Balaban J connectivity index is 1.69. The van der Waals surface area contributed by atoms with Gasteiger partial charge < -0.3 is 9.64 Å². The molecule has 2 rings (SSSR count). The van der Waals surface area contributed by atoms with E-state index < -0.39 is 5.97 Å². The van der Waals surface area contributed by atoms with Gasteiger partial charge in [0, 0.05) is 19.5 Å². The van der Waals surface area contributed by atoms with Crippen LogP contribution in [0.1, 0.15) is 42.8 Å². The van der Waals surface area contributed by atoms with Crippen molar-refractivity contribution in [2.45, 2.75) is 33.1 Å². The molecule has 0 spiro atoms. The molecule has 126 valence electrons. The molecular weight excluding hydrogens is 314 g/mol. The number of piperidine rings is 1. The molecule has 0 unspecified atom stereocenters. The van der Waals surface area contributed by atoms with E-state index >= 15 is 0 Å². The summed E-state index contributed by atoms with van der Waals surface area (Å²) < 4.78 is 5.02. The van der Waals surface area contributed by atoms with Gasteiger partial charge in [0.25, 0.3) is 5.91 Å². The minimum absolute atomic E-state index is 0.0107. The number of ether oxygens (including phenoxy) is 1. The smallest absolute Gasteiger partial charge is 0.306 e. The summed E-state index contributed by atoms with van der Waals surface area (Å²) in [6.45, 7) is 5.46. The van der Waals surface area contributed by atoms with E-state index in [9.17, 15) is 14.4 Å². The molecule has 2 heterocycles. The lowest BCUT2D eigenvalue weighted by molar-refractivity contribution is -0.153. The van der Waals surface area contributed by atoms with Crippen molar-refractivity contribution in [3.8, 4) is 0 Å². The highest BCUT2D eigenvalue weighted by atomic mass is 32.1. The largest absolute Gasteiger partial charge is 0.456 e. The first-order valence-electron chi connectivity index (χ1n) is 7.95. The number of esters is 1. The van der Waals surface area contributed by atoms with Gasteiger partial charge in [-0.25, -0.2) is 0 Å². The molecule has 1 saturated heterocycles. The van der Waals surface area contributed by atoms with Crippen LogP contribution in [0.3, 0.4) is 0 Å². The number of rotatable bonds is 6. The van der Waals surface area contributed by atoms with Crippen LogP contribution in [-0.2, 0) is 14.3 Å². The van der Waals surface area contributed by atoms with Crippen LogP contribution >= 0.6 is 11.3 Å². The number of nitrogens with zero attached hydrogens (tertiary/aromatic N) is 1. The summed E-state index contributed by atoms with van der Waals surface area (Å²) in [5, 5.41) is 1.82. The first-order valence-corrected chi connectivity index (χ1v) is 8.83. The predicted molar refractivity (Wildman–Crippen MR) is 88.4 cm³/mol. The lowest BCUT2D eigenvalue weighted by Crippen LogP contribution is -2.44. The van der Waals surface area contributed by atoms with E-state index in [0.717, 1.165) is 19.5 Å². The molecule has 0 aliphatic carbocycles. The topological polar surface area (TPSA) is 63.7 Å². The minimum Gasteiger partial charge on any atom is -0.456 e. The molecule has 0 saturated carbocycles. The third-order valence-corrected chi connectivity index (χ3v) is 4.84. The average Bonchev–Trinajstić information content (AvgIpc) is 3.03. The Hall–Kier alpha value is -1.69. The molecule has 0 N–H and O–H groups in total. The van der Waals surface area contributed by atoms with Crippen LogP contribution in [0.25, 0.3) is 0 Å². The van der Waals surface area contributed by atoms with Crippen molar-refractivity contribution in [2.75, 3.05) is 19.7 Å². The molecule has 1 aromatic rings. The summed E-state index contributed by atoms with van der Waals surface area (Å²) in [6.07, 6.45) is 1.25. The number of hydrogen-bond acceptors (Lipinski definition) is 5. The zero-order valence-corrected chi connectivity index (χ0v) is 14.4. The maximum absolute atomic E-state index is 12.1. The number of Topliss-reactive ketones (excluding diaryl/α,β-unsaturated/α-hetero) is 1. The monoisotopic (exact) mass is 337 g/mol. The Morgan fingerprint density at radius 2 is 1.91 bits per heavy atom. The molecule has 5 nitrogen and oxygen atoms in total. The van der Waals surface area contributed by atoms with Crippen molar-refractivity contribution in [2.24, 2.45) is 11.8 Å². The average molecular weight is 337 g/mol. The summed E-state index contributed by atoms with van der Waals surface area (Å²) in [7, 11) is 0. The van der Waals surface area contributed by atoms with Crippen LogP contribution < -0.4 is 0 Å². The fourth-order valence-corrected chi connectivity index (χ4v) is 3.64. The number of thiophene rings is 1. The van der Waals surface area contributed by atoms with Gasteiger partial charge in [-0.1, -0.05) is 19.9 Å². The molecule has 23 heavy (non-hydrogen) atoms. The number of carbonyl (C=O) groups is 3. The SMILES string of the molecule is C[C@H]1C[C@H](C)CN(C(=O)COC(=O)CCC(=O)c2cccs2)C1. The predicted octanol–water partition coefficient (Wildman–Crippen LogP) is 2.76. The van der Waals surface area contributed by atoms with Crippen LogP contribution in [0.5, 0.6) is 0 Å². The quantitative estimate of drug-likeness (QED) is 0.591. The third-order valence-electron chi connectivity index (χ3n) is 3.93. The maximum atomic E-state index is 12.1. The number of amides is 1. The molecule has 1 aromatic heterocycles. The third kappa shape index (κ3) is 5.46. The number of likely N-dealkylation sites (tertiary alicyclic amines) is 1. The van der Waals surface area contributed by atoms with Gasteiger partial charge in [-0.05, 0) is 29.7 Å². The lowest BCUT2D eigenvalue weighted by Gasteiger charge is -2.34. The second-order valence-electron chi connectivity index (χ2n) is 6.31. The first-order chi connectivity index (χ1) is 11.0. The summed E-state index contributed by atoms with van der Waals surface area (Å²) in [5.41, 5.74) is 0. The molecular formula is C17H23NO4S. The van der Waals surface area contributed by atoms with Gasteiger partial charge in [-0.2, -0.15) is 0 Å². The van der Waals surface area contributed by atoms with Crippen LogP contribution in [0, 0.1) is 11.8 Å². The molecule has 2 atom stereocenters. The minimum atomic E-state index is -0.499. The van der Waals surface area contributed by atoms with E-state index in [4.69, 9.17) is 4.74 Å². The van der Waals surface area contributed by atoms with Crippen LogP contribution in [0.4, 0.5) is 0 Å². The Morgan fingerprint density at radius 3 is 2.52 bits per heavy atom. The van der Waals surface area contributed by atoms with Crippen molar-refractivity contribution in [3.63, 3.8) is 0 Å². The molecule has 0 radical (unpaired) electrons. The van der Waals surface area contributed by atoms with Crippen molar-refractivity contribution >= 4 is 29.0 Å². The lowest BCUT2D eigenvalue weighted by atomic mass is 9.92. The highest BCUT2D eigenvalue weighted by Crippen LogP contribution is 2.21. The second kappa shape index (κ2) is 8.24. The Morgan fingerprint density at radius 1 is 1.22 bits per heavy atom. The van der Waals surface area contributed by atoms with Gasteiger partial charge >= 0.3 is 5.97 Å². The van der Waals surface area contributed by atoms with Crippen LogP contribution in [0.2, 0.25) is 0 Å². The molecule has 1 amide bonds. The maximum Gasteiger partial charge on any atom is 0.306 e. The van der Waals surface area contributed by atoms with Gasteiger partial charge in [-0.3, -0.25) is 14.4 Å². The second-order valence-corrected chi connectivity index (χ2v) is 7.25. The standard InChI is InChI=1S/C17H23NO4S/c1-12-8-13(2)10-18(9-12)16(20)11-22-17(21)6-5-14(19)15-4-3-7-23-15/h3-4,7,12-13H,5-6,8-11H2,1-2H3/t12-,13-/m0/s1. The first kappa shape index (κ1) is 17.7. The van der Waals surface area contributed by atoms with Crippen molar-refractivity contribution in [3.05, 3.63) is 22.4 Å². The fourth-order valence-electron chi connectivity index (χ4n) is 2.95. The van der Waals surface area contributed by atoms with Crippen molar-refractivity contribution in [1.82, 2.24) is 4.90 Å². The van der Waals surface area contributed by atoms with Crippen LogP contribution in [-0.4, -0.2) is 42.3 Å². The Bertz CT molecular complexity index is 545. The molecule has 1 aliphatic heterocycles. The van der Waals surface area contributed by atoms with E-state index in [1.807, 2.05) is 5.38 Å². The molecule has 0 bridgehead atoms.